The zero-order valence-corrected chi connectivity index (χ0v) is 14.2. The molecule has 0 unspecified atom stereocenters. The second-order valence-electron chi connectivity index (χ2n) is 6.24. The van der Waals surface area contributed by atoms with Gasteiger partial charge in [0, 0.05) is 13.1 Å². The molecule has 1 heterocycles. The Bertz CT molecular complexity index is 1040. The molecule has 0 saturated heterocycles. The maximum absolute atomic E-state index is 13.6. The van der Waals surface area contributed by atoms with Crippen molar-refractivity contribution in [2.24, 2.45) is 0 Å². The fourth-order valence-corrected chi connectivity index (χ4v) is 3.20. The van der Waals surface area contributed by atoms with E-state index in [1.807, 2.05) is 24.3 Å². The van der Waals surface area contributed by atoms with E-state index in [1.54, 1.807) is 18.2 Å². The summed E-state index contributed by atoms with van der Waals surface area (Å²) in [6, 6.07) is 16.5. The van der Waals surface area contributed by atoms with E-state index in [2.05, 4.69) is 5.32 Å². The molecule has 0 fully saturated rings. The predicted molar refractivity (Wildman–Crippen MR) is 98.0 cm³/mol. The Morgan fingerprint density at radius 3 is 2.04 bits per heavy atom. The smallest absolute Gasteiger partial charge is 0.261 e. The van der Waals surface area contributed by atoms with E-state index in [-0.39, 0.29) is 30.5 Å². The minimum Gasteiger partial charge on any atom is -0.350 e. The Morgan fingerprint density at radius 1 is 0.889 bits per heavy atom. The lowest BCUT2D eigenvalue weighted by Crippen LogP contribution is -2.38. The first-order valence-corrected chi connectivity index (χ1v) is 8.48. The Balaban J connectivity index is 1.48. The molecule has 0 radical (unpaired) electrons. The van der Waals surface area contributed by atoms with Crippen molar-refractivity contribution >= 4 is 28.5 Å². The number of amides is 3. The van der Waals surface area contributed by atoms with E-state index in [9.17, 15) is 18.8 Å². The Labute approximate surface area is 154 Å². The zero-order chi connectivity index (χ0) is 19.0. The number of fused-ring (bicyclic) bond motifs is 2. The van der Waals surface area contributed by atoms with Crippen LogP contribution in [0.15, 0.2) is 60.7 Å². The summed E-state index contributed by atoms with van der Waals surface area (Å²) in [6.45, 7) is 0.0566. The van der Waals surface area contributed by atoms with Gasteiger partial charge in [0.2, 0.25) is 0 Å². The van der Waals surface area contributed by atoms with Crippen LogP contribution in [0.1, 0.15) is 31.1 Å². The highest BCUT2D eigenvalue weighted by Gasteiger charge is 2.35. The monoisotopic (exact) mass is 362 g/mol. The number of nitrogens with zero attached hydrogens (tertiary/aromatic N) is 1. The number of benzene rings is 3. The standard InChI is InChI=1S/C21H15FN2O3/c22-18-8-4-3-7-15(18)19(25)23-9-10-24-20(26)16-11-13-5-1-2-6-14(13)12-17(16)21(24)27/h1-8,11-12H,9-10H2,(H,23,25). The van der Waals surface area contributed by atoms with Gasteiger partial charge in [-0.3, -0.25) is 19.3 Å². The van der Waals surface area contributed by atoms with Crippen molar-refractivity contribution in [1.29, 1.82) is 0 Å². The average Bonchev–Trinajstić information content (AvgIpc) is 2.91. The summed E-state index contributed by atoms with van der Waals surface area (Å²) in [4.78, 5) is 38.3. The first-order valence-electron chi connectivity index (χ1n) is 8.48. The van der Waals surface area contributed by atoms with Crippen LogP contribution >= 0.6 is 0 Å². The van der Waals surface area contributed by atoms with Gasteiger partial charge >= 0.3 is 0 Å². The molecule has 0 saturated carbocycles. The summed E-state index contributed by atoms with van der Waals surface area (Å²) < 4.78 is 13.6. The van der Waals surface area contributed by atoms with E-state index in [1.165, 1.54) is 18.2 Å². The number of rotatable bonds is 4. The third kappa shape index (κ3) is 2.95. The highest BCUT2D eigenvalue weighted by molar-refractivity contribution is 6.23. The molecule has 0 spiro atoms. The molecule has 3 amide bonds. The van der Waals surface area contributed by atoms with Crippen LogP contribution in [-0.4, -0.2) is 35.7 Å². The molecule has 0 aromatic heterocycles. The molecular formula is C21H15FN2O3. The molecule has 3 aromatic rings. The van der Waals surface area contributed by atoms with Crippen LogP contribution < -0.4 is 5.32 Å². The minimum absolute atomic E-state index is 0.0168. The Hall–Kier alpha value is -3.54. The van der Waals surface area contributed by atoms with Gasteiger partial charge in [0.1, 0.15) is 5.82 Å². The summed E-state index contributed by atoms with van der Waals surface area (Å²) in [5.41, 5.74) is 0.643. The van der Waals surface area contributed by atoms with E-state index < -0.39 is 11.7 Å². The highest BCUT2D eigenvalue weighted by Crippen LogP contribution is 2.27. The maximum atomic E-state index is 13.6. The lowest BCUT2D eigenvalue weighted by Gasteiger charge is -2.14. The lowest BCUT2D eigenvalue weighted by atomic mass is 10.0. The second-order valence-corrected chi connectivity index (χ2v) is 6.24. The van der Waals surface area contributed by atoms with Crippen molar-refractivity contribution in [2.75, 3.05) is 13.1 Å². The van der Waals surface area contributed by atoms with Crippen molar-refractivity contribution in [2.45, 2.75) is 0 Å². The van der Waals surface area contributed by atoms with Crippen molar-refractivity contribution in [3.05, 3.63) is 83.2 Å². The average molecular weight is 362 g/mol. The predicted octanol–water partition coefficient (Wildman–Crippen LogP) is 3.00. The third-order valence-electron chi connectivity index (χ3n) is 4.58. The molecule has 3 aromatic carbocycles. The molecule has 27 heavy (non-hydrogen) atoms. The summed E-state index contributed by atoms with van der Waals surface area (Å²) in [7, 11) is 0. The van der Waals surface area contributed by atoms with Crippen molar-refractivity contribution in [1.82, 2.24) is 10.2 Å². The topological polar surface area (TPSA) is 66.5 Å². The van der Waals surface area contributed by atoms with Crippen LogP contribution in [-0.2, 0) is 0 Å². The van der Waals surface area contributed by atoms with Gasteiger partial charge < -0.3 is 5.32 Å². The zero-order valence-electron chi connectivity index (χ0n) is 14.2. The summed E-state index contributed by atoms with van der Waals surface area (Å²) in [5, 5.41) is 4.31. The maximum Gasteiger partial charge on any atom is 0.261 e. The number of nitrogens with one attached hydrogen (secondary N) is 1. The molecule has 1 aliphatic rings. The van der Waals surface area contributed by atoms with Crippen molar-refractivity contribution in [3.8, 4) is 0 Å². The molecule has 1 N–H and O–H groups in total. The van der Waals surface area contributed by atoms with Crippen molar-refractivity contribution < 1.29 is 18.8 Å². The van der Waals surface area contributed by atoms with Crippen LogP contribution in [0.2, 0.25) is 0 Å². The first kappa shape index (κ1) is 16.9. The molecule has 5 nitrogen and oxygen atoms in total. The number of hydrogen-bond acceptors (Lipinski definition) is 3. The van der Waals surface area contributed by atoms with Gasteiger partial charge in [0.15, 0.2) is 0 Å². The van der Waals surface area contributed by atoms with Crippen LogP contribution in [0, 0.1) is 5.82 Å². The van der Waals surface area contributed by atoms with Gasteiger partial charge in [-0.2, -0.15) is 0 Å². The van der Waals surface area contributed by atoms with E-state index >= 15 is 0 Å². The molecule has 134 valence electrons. The van der Waals surface area contributed by atoms with Crippen LogP contribution in [0.25, 0.3) is 10.8 Å². The van der Waals surface area contributed by atoms with Gasteiger partial charge in [0.05, 0.1) is 16.7 Å². The van der Waals surface area contributed by atoms with Gasteiger partial charge in [0.25, 0.3) is 17.7 Å². The molecule has 0 aliphatic carbocycles. The molecule has 0 atom stereocenters. The summed E-state index contributed by atoms with van der Waals surface area (Å²) in [5.74, 6) is -1.99. The number of carbonyl (C=O) groups excluding carboxylic acids is 3. The van der Waals surface area contributed by atoms with Gasteiger partial charge in [-0.1, -0.05) is 36.4 Å². The molecular weight excluding hydrogens is 347 g/mol. The number of hydrogen-bond donors (Lipinski definition) is 1. The van der Waals surface area contributed by atoms with Crippen molar-refractivity contribution in [3.63, 3.8) is 0 Å². The molecule has 1 aliphatic heterocycles. The van der Waals surface area contributed by atoms with Crippen LogP contribution in [0.3, 0.4) is 0 Å². The summed E-state index contributed by atoms with van der Waals surface area (Å²) >= 11 is 0. The van der Waals surface area contributed by atoms with E-state index in [0.29, 0.717) is 11.1 Å². The minimum atomic E-state index is -0.623. The fourth-order valence-electron chi connectivity index (χ4n) is 3.20. The normalized spacial score (nSPS) is 13.1. The quantitative estimate of drug-likeness (QED) is 0.726. The van der Waals surface area contributed by atoms with Gasteiger partial charge in [-0.15, -0.1) is 0 Å². The van der Waals surface area contributed by atoms with E-state index in [4.69, 9.17) is 0 Å². The van der Waals surface area contributed by atoms with Crippen LogP contribution in [0.5, 0.6) is 0 Å². The molecule has 4 rings (SSSR count). The Morgan fingerprint density at radius 2 is 1.44 bits per heavy atom. The fraction of sp³-hybridized carbons (Fsp3) is 0.0952. The largest absolute Gasteiger partial charge is 0.350 e. The number of halogens is 1. The SMILES string of the molecule is O=C(NCCN1C(=O)c2cc3ccccc3cc2C1=O)c1ccccc1F. The summed E-state index contributed by atoms with van der Waals surface area (Å²) in [6.07, 6.45) is 0. The first-order chi connectivity index (χ1) is 13.1. The molecule has 0 bridgehead atoms. The molecule has 6 heteroatoms. The highest BCUT2D eigenvalue weighted by atomic mass is 19.1. The second kappa shape index (κ2) is 6.64. The Kier molecular flexibility index (Phi) is 4.16. The number of imide groups is 1. The van der Waals surface area contributed by atoms with Crippen LogP contribution in [0.4, 0.5) is 4.39 Å². The lowest BCUT2D eigenvalue weighted by molar-refractivity contribution is 0.0649. The number of carbonyl (C=O) groups is 3. The van der Waals surface area contributed by atoms with E-state index in [0.717, 1.165) is 15.7 Å². The third-order valence-corrected chi connectivity index (χ3v) is 4.58. The van der Waals surface area contributed by atoms with Gasteiger partial charge in [-0.25, -0.2) is 4.39 Å². The van der Waals surface area contributed by atoms with Gasteiger partial charge in [-0.05, 0) is 35.0 Å².